The number of nitrogens with zero attached hydrogens (tertiary/aromatic N) is 2. The van der Waals surface area contributed by atoms with Crippen LogP contribution in [-0.2, 0) is 9.59 Å². The number of anilines is 2. The van der Waals surface area contributed by atoms with Gasteiger partial charge in [0.2, 0.25) is 16.9 Å². The van der Waals surface area contributed by atoms with Crippen molar-refractivity contribution >= 4 is 51.8 Å². The zero-order valence-corrected chi connectivity index (χ0v) is 19.4. The van der Waals surface area contributed by atoms with Crippen LogP contribution in [0.5, 0.6) is 0 Å². The molecule has 1 unspecified atom stereocenters. The molecule has 0 saturated carbocycles. The molecule has 6 nitrogen and oxygen atoms in total. The Labute approximate surface area is 190 Å². The lowest BCUT2D eigenvalue weighted by Crippen LogP contribution is -2.23. The van der Waals surface area contributed by atoms with E-state index >= 15 is 0 Å². The van der Waals surface area contributed by atoms with Gasteiger partial charge in [-0.25, -0.2) is 0 Å². The third-order valence-electron chi connectivity index (χ3n) is 4.44. The molecule has 3 aromatic rings. The highest BCUT2D eigenvalue weighted by molar-refractivity contribution is 8.02. The molecule has 1 heterocycles. The first-order valence-electron chi connectivity index (χ1n) is 9.75. The van der Waals surface area contributed by atoms with Crippen molar-refractivity contribution in [3.8, 4) is 0 Å². The molecule has 0 fully saturated rings. The third kappa shape index (κ3) is 6.50. The Kier molecular flexibility index (Phi) is 7.59. The summed E-state index contributed by atoms with van der Waals surface area (Å²) in [5.41, 5.74) is 5.01. The Morgan fingerprint density at radius 1 is 1.03 bits per heavy atom. The fourth-order valence-corrected chi connectivity index (χ4v) is 4.90. The smallest absolute Gasteiger partial charge is 0.250 e. The quantitative estimate of drug-likeness (QED) is 0.291. The molecule has 31 heavy (non-hydrogen) atoms. The van der Waals surface area contributed by atoms with Crippen molar-refractivity contribution in [2.75, 3.05) is 10.6 Å². The monoisotopic (exact) mass is 452 g/mol. The molecular formula is C23H24N4O2S2. The van der Waals surface area contributed by atoms with Crippen LogP contribution in [0.2, 0.25) is 0 Å². The molecule has 0 radical (unpaired) electrons. The Morgan fingerprint density at radius 2 is 1.71 bits per heavy atom. The van der Waals surface area contributed by atoms with Gasteiger partial charge in [0.25, 0.3) is 0 Å². The molecular weight excluding hydrogens is 428 g/mol. The van der Waals surface area contributed by atoms with E-state index in [4.69, 9.17) is 0 Å². The summed E-state index contributed by atoms with van der Waals surface area (Å²) in [5.74, 6) is -0.390. The van der Waals surface area contributed by atoms with Crippen molar-refractivity contribution in [1.82, 2.24) is 10.2 Å². The van der Waals surface area contributed by atoms with E-state index in [9.17, 15) is 9.59 Å². The number of hydrogen-bond donors (Lipinski definition) is 2. The van der Waals surface area contributed by atoms with Gasteiger partial charge in [-0.05, 0) is 50.5 Å². The predicted octanol–water partition coefficient (Wildman–Crippen LogP) is 5.23. The Hall–Kier alpha value is -2.97. The zero-order chi connectivity index (χ0) is 22.4. The largest absolute Gasteiger partial charge is 0.325 e. The summed E-state index contributed by atoms with van der Waals surface area (Å²) in [5, 5.41) is 13.8. The molecule has 0 aliphatic carbocycles. The average Bonchev–Trinajstić information content (AvgIpc) is 3.16. The Bertz CT molecular complexity index is 1090. The number of hydrogen-bond acceptors (Lipinski definition) is 6. The van der Waals surface area contributed by atoms with E-state index in [0.717, 1.165) is 27.9 Å². The average molecular weight is 453 g/mol. The molecule has 0 aliphatic rings. The second-order valence-electron chi connectivity index (χ2n) is 7.13. The number of thioether (sulfide) groups is 1. The van der Waals surface area contributed by atoms with Crippen LogP contribution in [0.1, 0.15) is 29.2 Å². The van der Waals surface area contributed by atoms with E-state index in [1.165, 1.54) is 29.2 Å². The Morgan fingerprint density at radius 3 is 2.39 bits per heavy atom. The number of nitrogens with one attached hydrogen (secondary N) is 2. The minimum atomic E-state index is -0.366. The van der Waals surface area contributed by atoms with Crippen LogP contribution >= 0.6 is 23.1 Å². The molecule has 1 atom stereocenters. The van der Waals surface area contributed by atoms with E-state index < -0.39 is 0 Å². The zero-order valence-electron chi connectivity index (χ0n) is 17.8. The number of aryl methyl sites for hydroxylation is 3. The maximum atomic E-state index is 12.7. The minimum Gasteiger partial charge on any atom is -0.325 e. The molecule has 0 saturated heterocycles. The molecule has 2 amide bonds. The second kappa shape index (κ2) is 10.4. The van der Waals surface area contributed by atoms with Crippen LogP contribution in [-0.4, -0.2) is 27.3 Å². The van der Waals surface area contributed by atoms with Crippen molar-refractivity contribution in [3.05, 3.63) is 70.8 Å². The van der Waals surface area contributed by atoms with Gasteiger partial charge >= 0.3 is 0 Å². The van der Waals surface area contributed by atoms with Crippen molar-refractivity contribution in [1.29, 1.82) is 0 Å². The third-order valence-corrected chi connectivity index (χ3v) is 6.46. The van der Waals surface area contributed by atoms with Gasteiger partial charge in [-0.1, -0.05) is 71.1 Å². The Balaban J connectivity index is 1.56. The van der Waals surface area contributed by atoms with E-state index in [1.807, 2.05) is 70.2 Å². The van der Waals surface area contributed by atoms with Crippen molar-refractivity contribution in [2.45, 2.75) is 37.3 Å². The van der Waals surface area contributed by atoms with E-state index in [0.29, 0.717) is 9.47 Å². The highest BCUT2D eigenvalue weighted by Gasteiger charge is 2.19. The molecule has 0 spiro atoms. The molecule has 8 heteroatoms. The topological polar surface area (TPSA) is 84.0 Å². The fraction of sp³-hybridized carbons (Fsp3) is 0.217. The first kappa shape index (κ1) is 22.7. The molecule has 2 N–H and O–H groups in total. The van der Waals surface area contributed by atoms with Crippen LogP contribution < -0.4 is 10.6 Å². The number of amides is 2. The van der Waals surface area contributed by atoms with Crippen molar-refractivity contribution in [3.63, 3.8) is 0 Å². The predicted molar refractivity (Wildman–Crippen MR) is 129 cm³/mol. The summed E-state index contributed by atoms with van der Waals surface area (Å²) in [6.45, 7) is 7.83. The van der Waals surface area contributed by atoms with Gasteiger partial charge in [0, 0.05) is 11.8 Å². The standard InChI is InChI=1S/C23H24N4O2S2/c1-14-12-15(2)20(16(3)13-14)25-21(29)17(4)30-23-27-26-22(31-23)24-19(28)11-10-18-8-6-5-7-9-18/h5-13,17H,1-4H3,(H,25,29)(H,24,26,28)/b11-10+. The summed E-state index contributed by atoms with van der Waals surface area (Å²) in [6, 6.07) is 13.7. The molecule has 3 rings (SSSR count). The maximum absolute atomic E-state index is 12.7. The van der Waals surface area contributed by atoms with E-state index in [2.05, 4.69) is 20.8 Å². The van der Waals surface area contributed by atoms with Crippen LogP contribution in [0.25, 0.3) is 6.08 Å². The number of carbonyl (C=O) groups is 2. The van der Waals surface area contributed by atoms with E-state index in [-0.39, 0.29) is 17.1 Å². The fourth-order valence-electron chi connectivity index (χ4n) is 3.00. The highest BCUT2D eigenvalue weighted by Crippen LogP contribution is 2.30. The van der Waals surface area contributed by atoms with Gasteiger partial charge in [0.1, 0.15) is 0 Å². The first-order valence-corrected chi connectivity index (χ1v) is 11.4. The van der Waals surface area contributed by atoms with Gasteiger partial charge in [0.05, 0.1) is 5.25 Å². The summed E-state index contributed by atoms with van der Waals surface area (Å²) < 4.78 is 0.613. The van der Waals surface area contributed by atoms with Crippen LogP contribution in [0, 0.1) is 20.8 Å². The van der Waals surface area contributed by atoms with Gasteiger partial charge in [-0.3, -0.25) is 14.9 Å². The summed E-state index contributed by atoms with van der Waals surface area (Å²) in [6.07, 6.45) is 3.18. The lowest BCUT2D eigenvalue weighted by Gasteiger charge is -2.15. The van der Waals surface area contributed by atoms with Gasteiger partial charge in [0.15, 0.2) is 4.34 Å². The van der Waals surface area contributed by atoms with Crippen LogP contribution in [0.3, 0.4) is 0 Å². The van der Waals surface area contributed by atoms with Crippen LogP contribution in [0.4, 0.5) is 10.8 Å². The minimum absolute atomic E-state index is 0.105. The summed E-state index contributed by atoms with van der Waals surface area (Å²) >= 11 is 2.55. The molecule has 1 aromatic heterocycles. The maximum Gasteiger partial charge on any atom is 0.250 e. The summed E-state index contributed by atoms with van der Waals surface area (Å²) in [7, 11) is 0. The molecule has 0 aliphatic heterocycles. The van der Waals surface area contributed by atoms with E-state index in [1.54, 1.807) is 6.08 Å². The van der Waals surface area contributed by atoms with Gasteiger partial charge in [-0.2, -0.15) is 0 Å². The second-order valence-corrected chi connectivity index (χ2v) is 9.69. The number of carbonyl (C=O) groups excluding carboxylic acids is 2. The number of rotatable bonds is 7. The van der Waals surface area contributed by atoms with Gasteiger partial charge in [-0.15, -0.1) is 10.2 Å². The first-order chi connectivity index (χ1) is 14.8. The lowest BCUT2D eigenvalue weighted by molar-refractivity contribution is -0.115. The SMILES string of the molecule is Cc1cc(C)c(NC(=O)C(C)Sc2nnc(NC(=O)/C=C/c3ccccc3)s2)c(C)c1. The molecule has 160 valence electrons. The van der Waals surface area contributed by atoms with Crippen molar-refractivity contribution < 1.29 is 9.59 Å². The van der Waals surface area contributed by atoms with Crippen LogP contribution in [0.15, 0.2) is 52.9 Å². The lowest BCUT2D eigenvalue weighted by atomic mass is 10.1. The molecule has 0 bridgehead atoms. The number of aromatic nitrogens is 2. The highest BCUT2D eigenvalue weighted by atomic mass is 32.2. The van der Waals surface area contributed by atoms with Crippen molar-refractivity contribution in [2.24, 2.45) is 0 Å². The summed E-state index contributed by atoms with van der Waals surface area (Å²) in [4.78, 5) is 24.7. The normalized spacial score (nSPS) is 12.0. The van der Waals surface area contributed by atoms with Gasteiger partial charge < -0.3 is 5.32 Å². The molecule has 2 aromatic carbocycles. The number of benzene rings is 2.